The lowest BCUT2D eigenvalue weighted by Crippen LogP contribution is -2.29. The lowest BCUT2D eigenvalue weighted by atomic mass is 10.1. The Morgan fingerprint density at radius 1 is 1.39 bits per heavy atom. The van der Waals surface area contributed by atoms with Gasteiger partial charge in [-0.2, -0.15) is 5.26 Å². The predicted molar refractivity (Wildman–Crippen MR) is 64.2 cm³/mol. The number of carbonyl (C=O) groups is 1. The van der Waals surface area contributed by atoms with Gasteiger partial charge in [0.1, 0.15) is 11.8 Å². The van der Waals surface area contributed by atoms with Crippen molar-refractivity contribution in [3.63, 3.8) is 0 Å². The molecule has 0 saturated carbocycles. The number of carbonyl (C=O) groups excluding carboxylic acids is 1. The van der Waals surface area contributed by atoms with Crippen LogP contribution in [0.25, 0.3) is 10.8 Å². The third-order valence-electron chi connectivity index (χ3n) is 2.56. The first-order valence-corrected chi connectivity index (χ1v) is 5.14. The second kappa shape index (κ2) is 4.63. The number of nitriles is 1. The van der Waals surface area contributed by atoms with Gasteiger partial charge >= 0.3 is 0 Å². The Morgan fingerprint density at radius 2 is 2.11 bits per heavy atom. The van der Waals surface area contributed by atoms with Crippen molar-refractivity contribution in [2.45, 2.75) is 0 Å². The third-order valence-corrected chi connectivity index (χ3v) is 2.56. The van der Waals surface area contributed by atoms with Gasteiger partial charge in [0.2, 0.25) is 0 Å². The van der Waals surface area contributed by atoms with Crippen LogP contribution >= 0.6 is 0 Å². The van der Waals surface area contributed by atoms with Gasteiger partial charge in [-0.25, -0.2) is 0 Å². The number of rotatable bonds is 2. The fourth-order valence-electron chi connectivity index (χ4n) is 1.77. The van der Waals surface area contributed by atoms with Gasteiger partial charge in [-0.05, 0) is 23.6 Å². The topological polar surface area (TPSA) is 85.2 Å². The molecule has 0 aliphatic carbocycles. The van der Waals surface area contributed by atoms with E-state index < -0.39 is 6.09 Å². The molecule has 0 heterocycles. The van der Waals surface area contributed by atoms with E-state index >= 15 is 0 Å². The summed E-state index contributed by atoms with van der Waals surface area (Å²) >= 11 is 0. The highest BCUT2D eigenvalue weighted by molar-refractivity contribution is 6.02. The van der Waals surface area contributed by atoms with E-state index in [0.717, 1.165) is 5.39 Å². The normalized spacial score (nSPS) is 9.78. The number of ether oxygens (including phenoxy) is 1. The van der Waals surface area contributed by atoms with Gasteiger partial charge in [0.25, 0.3) is 0 Å². The Hall–Kier alpha value is -2.74. The van der Waals surface area contributed by atoms with E-state index in [-0.39, 0.29) is 5.69 Å². The van der Waals surface area contributed by atoms with Crippen LogP contribution in [0.1, 0.15) is 5.56 Å². The van der Waals surface area contributed by atoms with Crippen LogP contribution < -0.4 is 15.2 Å². The van der Waals surface area contributed by atoms with Crippen LogP contribution in [0.15, 0.2) is 30.3 Å². The second-order valence-electron chi connectivity index (χ2n) is 3.60. The molecule has 0 saturated heterocycles. The number of carboxylic acid groups (broad SMARTS) is 1. The molecule has 0 unspecified atom stereocenters. The van der Waals surface area contributed by atoms with E-state index in [9.17, 15) is 9.90 Å². The van der Waals surface area contributed by atoms with Gasteiger partial charge in [0.05, 0.1) is 24.4 Å². The van der Waals surface area contributed by atoms with Crippen molar-refractivity contribution < 1.29 is 14.6 Å². The number of hydrogen-bond donors (Lipinski definition) is 1. The lowest BCUT2D eigenvalue weighted by molar-refractivity contribution is -0.242. The highest BCUT2D eigenvalue weighted by Crippen LogP contribution is 2.33. The van der Waals surface area contributed by atoms with E-state index in [0.29, 0.717) is 16.7 Å². The predicted octanol–water partition coefficient (Wildman–Crippen LogP) is 1.48. The second-order valence-corrected chi connectivity index (χ2v) is 3.60. The number of benzene rings is 2. The number of fused-ring (bicyclic) bond motifs is 1. The summed E-state index contributed by atoms with van der Waals surface area (Å²) in [4.78, 5) is 10.7. The molecule has 2 rings (SSSR count). The standard InChI is InChI=1S/C13H10N2O3/c1-18-11-5-4-9-3-2-8(7-14)6-10(9)12(11)15-13(16)17/h2-6,15H,1H3,(H,16,17)/p-1. The van der Waals surface area contributed by atoms with Crippen LogP contribution in [0.2, 0.25) is 0 Å². The molecule has 1 N–H and O–H groups in total. The molecule has 0 aromatic heterocycles. The van der Waals surface area contributed by atoms with Crippen molar-refractivity contribution in [1.29, 1.82) is 5.26 Å². The van der Waals surface area contributed by atoms with Crippen molar-refractivity contribution in [1.82, 2.24) is 0 Å². The monoisotopic (exact) mass is 241 g/mol. The molecule has 2 aromatic rings. The van der Waals surface area contributed by atoms with Crippen molar-refractivity contribution in [3.8, 4) is 11.8 Å². The molecule has 18 heavy (non-hydrogen) atoms. The lowest BCUT2D eigenvalue weighted by Gasteiger charge is -2.14. The Kier molecular flexibility index (Phi) is 3.02. The van der Waals surface area contributed by atoms with Crippen LogP contribution in [0.3, 0.4) is 0 Å². The summed E-state index contributed by atoms with van der Waals surface area (Å²) in [5.41, 5.74) is 0.726. The number of nitrogens with one attached hydrogen (secondary N) is 1. The summed E-state index contributed by atoms with van der Waals surface area (Å²) in [7, 11) is 1.44. The molecule has 0 radical (unpaired) electrons. The van der Waals surface area contributed by atoms with Crippen LogP contribution in [-0.4, -0.2) is 13.2 Å². The minimum Gasteiger partial charge on any atom is -0.530 e. The van der Waals surface area contributed by atoms with Gasteiger partial charge in [0.15, 0.2) is 0 Å². The maximum absolute atomic E-state index is 10.7. The summed E-state index contributed by atoms with van der Waals surface area (Å²) in [5, 5.41) is 23.1. The van der Waals surface area contributed by atoms with Crippen LogP contribution in [0.5, 0.6) is 5.75 Å². The Labute approximate surface area is 103 Å². The molecule has 0 aliphatic heterocycles. The summed E-state index contributed by atoms with van der Waals surface area (Å²) in [6.45, 7) is 0. The minimum atomic E-state index is -1.43. The first kappa shape index (κ1) is 11.7. The Morgan fingerprint density at radius 3 is 2.72 bits per heavy atom. The van der Waals surface area contributed by atoms with Crippen molar-refractivity contribution >= 4 is 22.6 Å². The van der Waals surface area contributed by atoms with E-state index in [1.807, 2.05) is 6.07 Å². The van der Waals surface area contributed by atoms with Gasteiger partial charge in [-0.15, -0.1) is 0 Å². The quantitative estimate of drug-likeness (QED) is 0.862. The number of anilines is 1. The Bertz CT molecular complexity index is 659. The largest absolute Gasteiger partial charge is 0.530 e. The number of methoxy groups -OCH3 is 1. The molecule has 0 aliphatic rings. The van der Waals surface area contributed by atoms with Gasteiger partial charge in [-0.3, -0.25) is 0 Å². The van der Waals surface area contributed by atoms with Gasteiger partial charge < -0.3 is 20.0 Å². The smallest absolute Gasteiger partial charge is 0.142 e. The fourth-order valence-corrected chi connectivity index (χ4v) is 1.77. The maximum atomic E-state index is 10.7. The van der Waals surface area contributed by atoms with Gasteiger partial charge in [-0.1, -0.05) is 12.1 Å². The summed E-state index contributed by atoms with van der Waals surface area (Å²) in [6.07, 6.45) is -1.43. The first-order chi connectivity index (χ1) is 8.65. The van der Waals surface area contributed by atoms with E-state index in [2.05, 4.69) is 5.32 Å². The molecule has 2 aromatic carbocycles. The maximum Gasteiger partial charge on any atom is 0.142 e. The molecule has 0 fully saturated rings. The summed E-state index contributed by atoms with van der Waals surface area (Å²) in [5.74, 6) is 0.377. The molecule has 90 valence electrons. The van der Waals surface area contributed by atoms with Crippen LogP contribution in [0.4, 0.5) is 10.5 Å². The zero-order valence-corrected chi connectivity index (χ0v) is 9.56. The minimum absolute atomic E-state index is 0.284. The fraction of sp³-hybridized carbons (Fsp3) is 0.0769. The highest BCUT2D eigenvalue weighted by atomic mass is 16.5. The van der Waals surface area contributed by atoms with Crippen molar-refractivity contribution in [3.05, 3.63) is 35.9 Å². The zero-order chi connectivity index (χ0) is 13.1. The number of amides is 1. The molecule has 5 nitrogen and oxygen atoms in total. The molecule has 5 heteroatoms. The van der Waals surface area contributed by atoms with E-state index in [4.69, 9.17) is 10.00 Å². The SMILES string of the molecule is COc1ccc2ccc(C#N)cc2c1NC(=O)[O-]. The molecule has 1 amide bonds. The van der Waals surface area contributed by atoms with Crippen molar-refractivity contribution in [2.24, 2.45) is 0 Å². The average molecular weight is 241 g/mol. The zero-order valence-electron chi connectivity index (χ0n) is 9.56. The Balaban J connectivity index is 2.74. The molecular weight excluding hydrogens is 232 g/mol. The van der Waals surface area contributed by atoms with Crippen LogP contribution in [0, 0.1) is 11.3 Å². The first-order valence-electron chi connectivity index (χ1n) is 5.14. The number of nitrogens with zero attached hydrogens (tertiary/aromatic N) is 1. The highest BCUT2D eigenvalue weighted by Gasteiger charge is 2.09. The summed E-state index contributed by atoms with van der Waals surface area (Å²) in [6, 6.07) is 10.5. The third kappa shape index (κ3) is 2.04. The number of hydrogen-bond acceptors (Lipinski definition) is 4. The van der Waals surface area contributed by atoms with Crippen molar-refractivity contribution in [2.75, 3.05) is 12.4 Å². The average Bonchev–Trinajstić information content (AvgIpc) is 2.38. The molecule has 0 spiro atoms. The van der Waals surface area contributed by atoms with Gasteiger partial charge in [0, 0.05) is 5.39 Å². The molecule has 0 bridgehead atoms. The summed E-state index contributed by atoms with van der Waals surface area (Å²) < 4.78 is 5.09. The van der Waals surface area contributed by atoms with E-state index in [1.165, 1.54) is 7.11 Å². The molecule has 0 atom stereocenters. The van der Waals surface area contributed by atoms with Crippen LogP contribution in [-0.2, 0) is 0 Å². The van der Waals surface area contributed by atoms with E-state index in [1.54, 1.807) is 30.3 Å². The molecular formula is C13H9N2O3-.